The first-order valence-electron chi connectivity index (χ1n) is 6.07. The molecule has 0 aromatic carbocycles. The van der Waals surface area contributed by atoms with Gasteiger partial charge in [-0.25, -0.2) is 0 Å². The Kier molecular flexibility index (Phi) is 6.12. The summed E-state index contributed by atoms with van der Waals surface area (Å²) >= 11 is 5.74. The van der Waals surface area contributed by atoms with Gasteiger partial charge >= 0.3 is 0 Å². The third-order valence-corrected chi connectivity index (χ3v) is 3.05. The molecule has 1 N–H and O–H groups in total. The fourth-order valence-corrected chi connectivity index (χ4v) is 2.14. The third-order valence-electron chi connectivity index (χ3n) is 2.83. The number of carbonyl (C=O) groups excluding carboxylic acids is 1. The highest BCUT2D eigenvalue weighted by molar-refractivity contribution is 6.17. The first-order valence-corrected chi connectivity index (χ1v) is 6.60. The second-order valence-electron chi connectivity index (χ2n) is 4.28. The summed E-state index contributed by atoms with van der Waals surface area (Å²) < 4.78 is 5.14. The molecule has 4 heteroatoms. The number of furan rings is 1. The van der Waals surface area contributed by atoms with Gasteiger partial charge in [0.15, 0.2) is 5.76 Å². The van der Waals surface area contributed by atoms with Gasteiger partial charge in [-0.2, -0.15) is 0 Å². The van der Waals surface area contributed by atoms with Crippen LogP contribution in [0.2, 0.25) is 0 Å². The van der Waals surface area contributed by atoms with Gasteiger partial charge in [0.25, 0.3) is 5.91 Å². The van der Waals surface area contributed by atoms with E-state index in [2.05, 4.69) is 12.2 Å². The molecular formula is C13H20ClNO2. The lowest BCUT2D eigenvalue weighted by Gasteiger charge is -2.15. The molecule has 1 unspecified atom stereocenters. The molecule has 0 spiro atoms. The molecule has 0 fully saturated rings. The van der Waals surface area contributed by atoms with Crippen molar-refractivity contribution in [3.63, 3.8) is 0 Å². The monoisotopic (exact) mass is 257 g/mol. The number of hydrogen-bond donors (Lipinski definition) is 1. The van der Waals surface area contributed by atoms with E-state index in [1.54, 1.807) is 6.07 Å². The van der Waals surface area contributed by atoms with Gasteiger partial charge in [-0.3, -0.25) is 4.79 Å². The van der Waals surface area contributed by atoms with Crippen LogP contribution in [0.1, 0.15) is 42.3 Å². The molecule has 1 heterocycles. The maximum Gasteiger partial charge on any atom is 0.287 e. The summed E-state index contributed by atoms with van der Waals surface area (Å²) in [5.74, 6) is 1.37. The van der Waals surface area contributed by atoms with E-state index in [1.165, 1.54) is 6.26 Å². The smallest absolute Gasteiger partial charge is 0.287 e. The van der Waals surface area contributed by atoms with Crippen molar-refractivity contribution in [2.45, 2.75) is 33.1 Å². The minimum absolute atomic E-state index is 0.136. The van der Waals surface area contributed by atoms with Gasteiger partial charge in [0.1, 0.15) is 0 Å². The van der Waals surface area contributed by atoms with Crippen molar-refractivity contribution in [2.24, 2.45) is 5.92 Å². The number of aryl methyl sites for hydroxylation is 1. The topological polar surface area (TPSA) is 42.2 Å². The first-order chi connectivity index (χ1) is 8.19. The molecule has 1 rings (SSSR count). The van der Waals surface area contributed by atoms with E-state index in [-0.39, 0.29) is 5.91 Å². The molecule has 0 saturated heterocycles. The van der Waals surface area contributed by atoms with E-state index < -0.39 is 0 Å². The second kappa shape index (κ2) is 7.38. The molecule has 0 saturated carbocycles. The van der Waals surface area contributed by atoms with Crippen LogP contribution in [0, 0.1) is 12.8 Å². The first kappa shape index (κ1) is 14.1. The predicted molar refractivity (Wildman–Crippen MR) is 69.5 cm³/mol. The lowest BCUT2D eigenvalue weighted by Crippen LogP contribution is -2.29. The van der Waals surface area contributed by atoms with Crippen molar-refractivity contribution in [1.82, 2.24) is 5.32 Å². The molecule has 0 aliphatic heterocycles. The fourth-order valence-electron chi connectivity index (χ4n) is 1.83. The normalized spacial score (nSPS) is 12.4. The van der Waals surface area contributed by atoms with Crippen molar-refractivity contribution in [1.29, 1.82) is 0 Å². The summed E-state index contributed by atoms with van der Waals surface area (Å²) in [6.07, 6.45) is 4.67. The predicted octanol–water partition coefficient (Wildman–Crippen LogP) is 3.36. The van der Waals surface area contributed by atoms with Crippen molar-refractivity contribution in [3.8, 4) is 0 Å². The van der Waals surface area contributed by atoms with Crippen LogP contribution in [0.3, 0.4) is 0 Å². The van der Waals surface area contributed by atoms with Crippen LogP contribution in [0.15, 0.2) is 16.7 Å². The van der Waals surface area contributed by atoms with Gasteiger partial charge in [-0.1, -0.05) is 13.3 Å². The van der Waals surface area contributed by atoms with Crippen LogP contribution in [0.25, 0.3) is 0 Å². The van der Waals surface area contributed by atoms with Gasteiger partial charge < -0.3 is 9.73 Å². The Balaban J connectivity index is 2.43. The molecule has 1 atom stereocenters. The van der Waals surface area contributed by atoms with Gasteiger partial charge in [-0.05, 0) is 31.7 Å². The lowest BCUT2D eigenvalue weighted by molar-refractivity contribution is 0.0917. The number of carbonyl (C=O) groups is 1. The van der Waals surface area contributed by atoms with Crippen LogP contribution in [-0.4, -0.2) is 18.3 Å². The highest BCUT2D eigenvalue weighted by Crippen LogP contribution is 2.12. The average Bonchev–Trinajstić information content (AvgIpc) is 2.72. The zero-order valence-corrected chi connectivity index (χ0v) is 11.2. The molecule has 0 radical (unpaired) electrons. The zero-order chi connectivity index (χ0) is 12.7. The average molecular weight is 258 g/mol. The zero-order valence-electron chi connectivity index (χ0n) is 10.5. The fraction of sp³-hybridized carbons (Fsp3) is 0.615. The van der Waals surface area contributed by atoms with Crippen LogP contribution in [-0.2, 0) is 0 Å². The Morgan fingerprint density at radius 2 is 2.29 bits per heavy atom. The lowest BCUT2D eigenvalue weighted by atomic mass is 10.0. The van der Waals surface area contributed by atoms with Crippen molar-refractivity contribution < 1.29 is 9.21 Å². The maximum absolute atomic E-state index is 11.8. The summed E-state index contributed by atoms with van der Waals surface area (Å²) in [6, 6.07) is 1.79. The summed E-state index contributed by atoms with van der Waals surface area (Å²) in [7, 11) is 0. The van der Waals surface area contributed by atoms with Crippen LogP contribution in [0.4, 0.5) is 0 Å². The summed E-state index contributed by atoms with van der Waals surface area (Å²) in [5, 5.41) is 2.90. The van der Waals surface area contributed by atoms with E-state index in [0.29, 0.717) is 24.1 Å². The molecule has 96 valence electrons. The number of alkyl halides is 1. The highest BCUT2D eigenvalue weighted by atomic mass is 35.5. The van der Waals surface area contributed by atoms with Gasteiger partial charge in [0, 0.05) is 18.0 Å². The maximum atomic E-state index is 11.8. The summed E-state index contributed by atoms with van der Waals surface area (Å²) in [4.78, 5) is 11.8. The summed E-state index contributed by atoms with van der Waals surface area (Å²) in [5.41, 5.74) is 0.867. The number of nitrogens with one attached hydrogen (secondary N) is 1. The number of amides is 1. The standard InChI is InChI=1S/C13H20ClNO2/c1-3-4-11(5-7-14)9-15-13(16)12-10(2)6-8-17-12/h6,8,11H,3-5,7,9H2,1-2H3,(H,15,16). The number of rotatable bonds is 7. The van der Waals surface area contributed by atoms with Gasteiger partial charge in [0.2, 0.25) is 0 Å². The number of halogens is 1. The Hall–Kier alpha value is -0.960. The van der Waals surface area contributed by atoms with E-state index in [1.807, 2.05) is 6.92 Å². The largest absolute Gasteiger partial charge is 0.459 e. The van der Waals surface area contributed by atoms with E-state index in [0.717, 1.165) is 24.8 Å². The van der Waals surface area contributed by atoms with Crippen molar-refractivity contribution in [2.75, 3.05) is 12.4 Å². The van der Waals surface area contributed by atoms with Crippen molar-refractivity contribution >= 4 is 17.5 Å². The molecule has 1 aromatic heterocycles. The Labute approximate surface area is 108 Å². The quantitative estimate of drug-likeness (QED) is 0.761. The van der Waals surface area contributed by atoms with Crippen molar-refractivity contribution in [3.05, 3.63) is 23.7 Å². The van der Waals surface area contributed by atoms with Gasteiger partial charge in [-0.15, -0.1) is 11.6 Å². The van der Waals surface area contributed by atoms with Crippen LogP contribution >= 0.6 is 11.6 Å². The molecule has 0 bridgehead atoms. The van der Waals surface area contributed by atoms with Crippen LogP contribution in [0.5, 0.6) is 0 Å². The Morgan fingerprint density at radius 1 is 1.53 bits per heavy atom. The second-order valence-corrected chi connectivity index (χ2v) is 4.65. The Bertz CT molecular complexity index is 343. The van der Waals surface area contributed by atoms with E-state index in [4.69, 9.17) is 16.0 Å². The molecule has 0 aliphatic rings. The van der Waals surface area contributed by atoms with E-state index in [9.17, 15) is 4.79 Å². The highest BCUT2D eigenvalue weighted by Gasteiger charge is 2.14. The van der Waals surface area contributed by atoms with Crippen LogP contribution < -0.4 is 5.32 Å². The molecular weight excluding hydrogens is 238 g/mol. The van der Waals surface area contributed by atoms with E-state index >= 15 is 0 Å². The minimum atomic E-state index is -0.136. The molecule has 1 amide bonds. The molecule has 0 aliphatic carbocycles. The minimum Gasteiger partial charge on any atom is -0.459 e. The molecule has 3 nitrogen and oxygen atoms in total. The summed E-state index contributed by atoms with van der Waals surface area (Å²) in [6.45, 7) is 4.67. The number of hydrogen-bond acceptors (Lipinski definition) is 2. The van der Waals surface area contributed by atoms with Gasteiger partial charge in [0.05, 0.1) is 6.26 Å². The Morgan fingerprint density at radius 3 is 2.82 bits per heavy atom. The third kappa shape index (κ3) is 4.43. The molecule has 1 aromatic rings. The SMILES string of the molecule is CCCC(CCCl)CNC(=O)c1occc1C. The molecule has 17 heavy (non-hydrogen) atoms.